The van der Waals surface area contributed by atoms with Gasteiger partial charge < -0.3 is 15.8 Å². The van der Waals surface area contributed by atoms with Crippen molar-refractivity contribution in [1.82, 2.24) is 10.2 Å². The maximum Gasteiger partial charge on any atom is 0.167 e. The molecule has 0 bridgehead atoms. The van der Waals surface area contributed by atoms with Crippen LogP contribution in [0.2, 0.25) is 0 Å². The number of rotatable bonds is 5. The lowest BCUT2D eigenvalue weighted by Gasteiger charge is -2.10. The lowest BCUT2D eigenvalue weighted by molar-refractivity contribution is 0.321. The monoisotopic (exact) mass is 292 g/mol. The van der Waals surface area contributed by atoms with Crippen molar-refractivity contribution >= 4 is 28.7 Å². The van der Waals surface area contributed by atoms with Crippen LogP contribution < -0.4 is 15.8 Å². The van der Waals surface area contributed by atoms with Gasteiger partial charge in [0.2, 0.25) is 0 Å². The molecule has 7 heteroatoms. The third kappa shape index (κ3) is 3.18. The second-order valence-electron chi connectivity index (χ2n) is 3.86. The number of anilines is 2. The third-order valence-electron chi connectivity index (χ3n) is 2.48. The molecule has 0 fully saturated rings. The Morgan fingerprint density at radius 2 is 2.25 bits per heavy atom. The van der Waals surface area contributed by atoms with Gasteiger partial charge in [0, 0.05) is 11.8 Å². The Balaban J connectivity index is 2.27. The molecule has 0 aliphatic carbocycles. The highest BCUT2D eigenvalue weighted by Crippen LogP contribution is 2.24. The molecule has 0 aliphatic rings. The number of nitrogens with zero attached hydrogens (tertiary/aromatic N) is 2. The molecule has 0 radical (unpaired) electrons. The summed E-state index contributed by atoms with van der Waals surface area (Å²) in [6.07, 6.45) is 1.48. The topological polar surface area (TPSA) is 73.1 Å². The molecule has 3 N–H and O–H groups in total. The average molecular weight is 292 g/mol. The Morgan fingerprint density at radius 1 is 1.45 bits per heavy atom. The molecule has 20 heavy (non-hydrogen) atoms. The van der Waals surface area contributed by atoms with E-state index in [1.807, 2.05) is 0 Å². The highest BCUT2D eigenvalue weighted by atomic mass is 32.1. The van der Waals surface area contributed by atoms with E-state index < -0.39 is 5.82 Å². The van der Waals surface area contributed by atoms with Crippen molar-refractivity contribution in [3.63, 3.8) is 0 Å². The van der Waals surface area contributed by atoms with Gasteiger partial charge in [-0.1, -0.05) is 12.2 Å². The molecule has 1 aromatic carbocycles. The maximum absolute atomic E-state index is 13.7. The predicted molar refractivity (Wildman–Crippen MR) is 78.8 cm³/mol. The molecule has 2 rings (SSSR count). The second kappa shape index (κ2) is 6.25. The lowest BCUT2D eigenvalue weighted by atomic mass is 10.2. The van der Waals surface area contributed by atoms with Gasteiger partial charge in [0.15, 0.2) is 17.4 Å². The van der Waals surface area contributed by atoms with Gasteiger partial charge in [-0.05, 0) is 25.1 Å². The highest BCUT2D eigenvalue weighted by molar-refractivity contribution is 7.80. The van der Waals surface area contributed by atoms with Gasteiger partial charge >= 0.3 is 0 Å². The van der Waals surface area contributed by atoms with E-state index in [1.165, 1.54) is 18.3 Å². The summed E-state index contributed by atoms with van der Waals surface area (Å²) in [6.45, 7) is 2.19. The van der Waals surface area contributed by atoms with E-state index in [1.54, 1.807) is 19.1 Å². The van der Waals surface area contributed by atoms with Crippen LogP contribution >= 0.6 is 12.2 Å². The smallest absolute Gasteiger partial charge is 0.167 e. The zero-order valence-corrected chi connectivity index (χ0v) is 11.6. The average Bonchev–Trinajstić information content (AvgIpc) is 2.42. The number of thiocarbonyl (C=S) groups is 1. The number of nitrogens with one attached hydrogen (secondary N) is 1. The Kier molecular flexibility index (Phi) is 4.41. The molecular formula is C13H13FN4OS. The van der Waals surface area contributed by atoms with E-state index >= 15 is 0 Å². The van der Waals surface area contributed by atoms with Crippen LogP contribution in [-0.4, -0.2) is 21.8 Å². The first-order valence-electron chi connectivity index (χ1n) is 5.92. The first kappa shape index (κ1) is 14.1. The fourth-order valence-electron chi connectivity index (χ4n) is 1.61. The first-order chi connectivity index (χ1) is 9.61. The number of hydrogen-bond acceptors (Lipinski definition) is 5. The highest BCUT2D eigenvalue weighted by Gasteiger charge is 2.09. The number of nitrogens with two attached hydrogens (primary N) is 1. The minimum atomic E-state index is -0.461. The first-order valence-corrected chi connectivity index (χ1v) is 6.33. The number of ether oxygens (including phenoxy) is 1. The Morgan fingerprint density at radius 3 is 2.90 bits per heavy atom. The fraction of sp³-hybridized carbons (Fsp3) is 0.154. The number of hydrogen-bond donors (Lipinski definition) is 2. The van der Waals surface area contributed by atoms with Crippen LogP contribution in [0.15, 0.2) is 30.5 Å². The van der Waals surface area contributed by atoms with Gasteiger partial charge in [-0.15, -0.1) is 5.10 Å². The quantitative estimate of drug-likeness (QED) is 0.824. The largest absolute Gasteiger partial charge is 0.491 e. The van der Waals surface area contributed by atoms with Crippen molar-refractivity contribution < 1.29 is 9.13 Å². The van der Waals surface area contributed by atoms with E-state index in [2.05, 4.69) is 15.5 Å². The molecular weight excluding hydrogens is 279 g/mol. The van der Waals surface area contributed by atoms with Crippen molar-refractivity contribution in [3.05, 3.63) is 41.8 Å². The van der Waals surface area contributed by atoms with Crippen LogP contribution in [0.5, 0.6) is 5.75 Å². The van der Waals surface area contributed by atoms with Crippen molar-refractivity contribution in [2.45, 2.75) is 6.92 Å². The molecule has 2 aromatic rings. The summed E-state index contributed by atoms with van der Waals surface area (Å²) in [7, 11) is 0. The second-order valence-corrected chi connectivity index (χ2v) is 4.30. The summed E-state index contributed by atoms with van der Waals surface area (Å²) in [5.41, 5.74) is 6.64. The van der Waals surface area contributed by atoms with E-state index in [4.69, 9.17) is 22.7 Å². The molecule has 0 spiro atoms. The molecule has 0 saturated heterocycles. The fourth-order valence-corrected chi connectivity index (χ4v) is 1.78. The summed E-state index contributed by atoms with van der Waals surface area (Å²) in [5, 5.41) is 10.6. The van der Waals surface area contributed by atoms with E-state index in [0.717, 1.165) is 0 Å². The predicted octanol–water partition coefficient (Wildman–Crippen LogP) is 2.39. The summed E-state index contributed by atoms with van der Waals surface area (Å²) >= 11 is 4.92. The Hall–Kier alpha value is -2.28. The molecule has 0 aliphatic heterocycles. The van der Waals surface area contributed by atoms with Gasteiger partial charge in [0.1, 0.15) is 4.99 Å². The standard InChI is InChI=1S/C13H13FN4OS/c1-2-19-11-4-3-8(7-10(11)14)17-13-9(12(15)20)5-6-16-18-13/h3-7H,2H2,1H3,(H2,15,20)(H,17,18). The number of halogens is 1. The summed E-state index contributed by atoms with van der Waals surface area (Å²) in [5.74, 6) is 0.118. The van der Waals surface area contributed by atoms with Crippen LogP contribution in [0.1, 0.15) is 12.5 Å². The molecule has 0 atom stereocenters. The summed E-state index contributed by atoms with van der Waals surface area (Å²) in [6, 6.07) is 6.16. The minimum Gasteiger partial charge on any atom is -0.491 e. The van der Waals surface area contributed by atoms with Crippen LogP contribution in [0, 0.1) is 5.82 Å². The molecule has 0 amide bonds. The summed E-state index contributed by atoms with van der Waals surface area (Å²) in [4.78, 5) is 0.189. The van der Waals surface area contributed by atoms with Gasteiger partial charge in [0.25, 0.3) is 0 Å². The van der Waals surface area contributed by atoms with E-state index in [9.17, 15) is 4.39 Å². The Bertz CT molecular complexity index is 636. The SMILES string of the molecule is CCOc1ccc(Nc2nnccc2C(N)=S)cc1F. The maximum atomic E-state index is 13.7. The van der Waals surface area contributed by atoms with Gasteiger partial charge in [-0.25, -0.2) is 4.39 Å². The molecule has 1 aromatic heterocycles. The normalized spacial score (nSPS) is 10.1. The van der Waals surface area contributed by atoms with Crippen LogP contribution in [0.3, 0.4) is 0 Å². The number of benzene rings is 1. The van der Waals surface area contributed by atoms with E-state index in [-0.39, 0.29) is 10.7 Å². The van der Waals surface area contributed by atoms with Crippen LogP contribution in [0.25, 0.3) is 0 Å². The van der Waals surface area contributed by atoms with Crippen LogP contribution in [-0.2, 0) is 0 Å². The van der Waals surface area contributed by atoms with Crippen molar-refractivity contribution in [3.8, 4) is 5.75 Å². The van der Waals surface area contributed by atoms with Crippen molar-refractivity contribution in [2.24, 2.45) is 5.73 Å². The van der Waals surface area contributed by atoms with Crippen molar-refractivity contribution in [2.75, 3.05) is 11.9 Å². The molecule has 1 heterocycles. The van der Waals surface area contributed by atoms with Crippen LogP contribution in [0.4, 0.5) is 15.9 Å². The zero-order valence-electron chi connectivity index (χ0n) is 10.8. The minimum absolute atomic E-state index is 0.189. The molecule has 0 saturated carbocycles. The third-order valence-corrected chi connectivity index (χ3v) is 2.70. The van der Waals surface area contributed by atoms with E-state index in [0.29, 0.717) is 23.7 Å². The lowest BCUT2D eigenvalue weighted by Crippen LogP contribution is -2.13. The molecule has 104 valence electrons. The molecule has 5 nitrogen and oxygen atoms in total. The van der Waals surface area contributed by atoms with Crippen molar-refractivity contribution in [1.29, 1.82) is 0 Å². The Labute approximate surface area is 121 Å². The zero-order chi connectivity index (χ0) is 14.5. The van der Waals surface area contributed by atoms with Gasteiger partial charge in [-0.3, -0.25) is 0 Å². The van der Waals surface area contributed by atoms with Gasteiger partial charge in [0.05, 0.1) is 18.4 Å². The van der Waals surface area contributed by atoms with Gasteiger partial charge in [-0.2, -0.15) is 5.10 Å². The number of aromatic nitrogens is 2. The molecule has 0 unspecified atom stereocenters. The summed E-state index contributed by atoms with van der Waals surface area (Å²) < 4.78 is 18.9.